The lowest BCUT2D eigenvalue weighted by molar-refractivity contribution is -0.902. The number of carbonyl (C=O) groups excluding carboxylic acids is 2. The molecule has 1 aliphatic heterocycles. The minimum absolute atomic E-state index is 0.0355. The molecule has 2 fully saturated rings. The summed E-state index contributed by atoms with van der Waals surface area (Å²) in [5.74, 6) is 1.60. The first-order valence-electron chi connectivity index (χ1n) is 9.11. The minimum atomic E-state index is -0.143. The Kier molecular flexibility index (Phi) is 5.51. The van der Waals surface area contributed by atoms with Gasteiger partial charge in [0.15, 0.2) is 6.54 Å². The third kappa shape index (κ3) is 4.15. The summed E-state index contributed by atoms with van der Waals surface area (Å²) in [6.45, 7) is 2.76. The number of amides is 2. The molecule has 3 N–H and O–H groups in total. The van der Waals surface area contributed by atoms with Crippen LogP contribution in [0.25, 0.3) is 0 Å². The summed E-state index contributed by atoms with van der Waals surface area (Å²) in [5, 5.41) is 5.54. The van der Waals surface area contributed by atoms with Crippen LogP contribution in [0.5, 0.6) is 0 Å². The normalized spacial score (nSPS) is 26.3. The third-order valence-electron chi connectivity index (χ3n) is 5.53. The van der Waals surface area contributed by atoms with Crippen molar-refractivity contribution in [1.29, 1.82) is 0 Å². The summed E-state index contributed by atoms with van der Waals surface area (Å²) in [5.41, 5.74) is 1.25. The van der Waals surface area contributed by atoms with Crippen molar-refractivity contribution in [3.8, 4) is 0 Å². The first-order valence-corrected chi connectivity index (χ1v) is 9.11. The minimum Gasteiger partial charge on any atom is -0.355 e. The van der Waals surface area contributed by atoms with E-state index < -0.39 is 0 Å². The smallest absolute Gasteiger partial charge is 0.279 e. The predicted octanol–water partition coefficient (Wildman–Crippen LogP) is 1.08. The molecule has 0 aromatic heterocycles. The highest BCUT2D eigenvalue weighted by molar-refractivity contribution is 5.97. The van der Waals surface area contributed by atoms with Gasteiger partial charge in [0.25, 0.3) is 11.8 Å². The van der Waals surface area contributed by atoms with Gasteiger partial charge >= 0.3 is 0 Å². The second-order valence-corrected chi connectivity index (χ2v) is 7.18. The molecule has 1 aliphatic carbocycles. The molecule has 1 unspecified atom stereocenters. The van der Waals surface area contributed by atoms with Gasteiger partial charge in [0.2, 0.25) is 0 Å². The number of rotatable bonds is 4. The third-order valence-corrected chi connectivity index (χ3v) is 5.53. The Morgan fingerprint density at radius 3 is 2.75 bits per heavy atom. The molecule has 1 heterocycles. The highest BCUT2D eigenvalue weighted by Gasteiger charge is 2.34. The van der Waals surface area contributed by atoms with Gasteiger partial charge in [0.1, 0.15) is 0 Å². The monoisotopic (exact) mass is 330 g/mol. The van der Waals surface area contributed by atoms with E-state index in [2.05, 4.69) is 10.6 Å². The molecule has 0 spiro atoms. The van der Waals surface area contributed by atoms with Crippen LogP contribution in [0.4, 0.5) is 5.69 Å². The lowest BCUT2D eigenvalue weighted by Crippen LogP contribution is -3.15. The molecule has 0 radical (unpaired) electrons. The van der Waals surface area contributed by atoms with Gasteiger partial charge in [-0.25, -0.2) is 0 Å². The Morgan fingerprint density at radius 2 is 1.96 bits per heavy atom. The van der Waals surface area contributed by atoms with Crippen LogP contribution in [0.3, 0.4) is 0 Å². The van der Waals surface area contributed by atoms with Gasteiger partial charge in [-0.05, 0) is 43.4 Å². The summed E-state index contributed by atoms with van der Waals surface area (Å²) in [7, 11) is 1.60. The molecule has 1 aromatic carbocycles. The van der Waals surface area contributed by atoms with E-state index in [9.17, 15) is 9.59 Å². The topological polar surface area (TPSA) is 62.6 Å². The quantitative estimate of drug-likeness (QED) is 0.774. The second kappa shape index (κ2) is 7.79. The summed E-state index contributed by atoms with van der Waals surface area (Å²) in [6, 6.07) is 7.08. The van der Waals surface area contributed by atoms with Crippen LogP contribution in [-0.4, -0.2) is 38.5 Å². The van der Waals surface area contributed by atoms with Gasteiger partial charge in [-0.2, -0.15) is 0 Å². The fourth-order valence-corrected chi connectivity index (χ4v) is 4.27. The van der Waals surface area contributed by atoms with Crippen molar-refractivity contribution in [2.75, 3.05) is 32.0 Å². The average Bonchev–Trinajstić information content (AvgIpc) is 2.61. The highest BCUT2D eigenvalue weighted by atomic mass is 16.2. The van der Waals surface area contributed by atoms with Crippen LogP contribution in [0.2, 0.25) is 0 Å². The Morgan fingerprint density at radius 1 is 1.17 bits per heavy atom. The second-order valence-electron chi connectivity index (χ2n) is 7.18. The van der Waals surface area contributed by atoms with Gasteiger partial charge in [-0.15, -0.1) is 0 Å². The molecule has 130 valence electrons. The van der Waals surface area contributed by atoms with Gasteiger partial charge in [0.05, 0.1) is 13.1 Å². The molecule has 5 heteroatoms. The lowest BCUT2D eigenvalue weighted by atomic mass is 9.75. The number of hydrogen-bond acceptors (Lipinski definition) is 2. The molecule has 1 saturated carbocycles. The maximum absolute atomic E-state index is 12.4. The van der Waals surface area contributed by atoms with Crippen LogP contribution < -0.4 is 15.5 Å². The summed E-state index contributed by atoms with van der Waals surface area (Å²) in [6.07, 6.45) is 6.73. The molecule has 3 atom stereocenters. The largest absolute Gasteiger partial charge is 0.355 e. The van der Waals surface area contributed by atoms with Crippen molar-refractivity contribution in [1.82, 2.24) is 5.32 Å². The van der Waals surface area contributed by atoms with Crippen molar-refractivity contribution < 1.29 is 14.5 Å². The maximum Gasteiger partial charge on any atom is 0.279 e. The van der Waals surface area contributed by atoms with Crippen LogP contribution >= 0.6 is 0 Å². The molecule has 2 aliphatic rings. The van der Waals surface area contributed by atoms with E-state index in [1.54, 1.807) is 25.2 Å². The number of benzene rings is 1. The fourth-order valence-electron chi connectivity index (χ4n) is 4.27. The van der Waals surface area contributed by atoms with E-state index in [1.165, 1.54) is 37.0 Å². The van der Waals surface area contributed by atoms with Crippen LogP contribution in [-0.2, 0) is 4.79 Å². The Balaban J connectivity index is 1.53. The Labute approximate surface area is 143 Å². The van der Waals surface area contributed by atoms with Gasteiger partial charge < -0.3 is 15.5 Å². The SMILES string of the molecule is CNC(=O)c1cccc(NC(=O)C[NH+]2CC[C@@H]3CCCC[C@@H]3C2)c1. The molecule has 0 bridgehead atoms. The zero-order valence-electron chi connectivity index (χ0n) is 14.4. The molecule has 3 rings (SSSR count). The number of carbonyl (C=O) groups is 2. The first kappa shape index (κ1) is 17.0. The molecule has 5 nitrogen and oxygen atoms in total. The van der Waals surface area contributed by atoms with E-state index in [0.717, 1.165) is 24.9 Å². The summed E-state index contributed by atoms with van der Waals surface area (Å²) in [4.78, 5) is 25.4. The maximum atomic E-state index is 12.4. The Bertz CT molecular complexity index is 602. The van der Waals surface area contributed by atoms with Gasteiger partial charge in [-0.1, -0.05) is 18.9 Å². The van der Waals surface area contributed by atoms with Crippen LogP contribution in [0, 0.1) is 11.8 Å². The van der Waals surface area contributed by atoms with E-state index in [1.807, 2.05) is 6.07 Å². The van der Waals surface area contributed by atoms with E-state index in [4.69, 9.17) is 0 Å². The van der Waals surface area contributed by atoms with Crippen molar-refractivity contribution in [2.45, 2.75) is 32.1 Å². The van der Waals surface area contributed by atoms with E-state index in [-0.39, 0.29) is 11.8 Å². The van der Waals surface area contributed by atoms with Crippen molar-refractivity contribution in [3.63, 3.8) is 0 Å². The summed E-state index contributed by atoms with van der Waals surface area (Å²) < 4.78 is 0. The molecule has 1 aromatic rings. The van der Waals surface area contributed by atoms with Crippen LogP contribution in [0.15, 0.2) is 24.3 Å². The predicted molar refractivity (Wildman–Crippen MR) is 94.1 cm³/mol. The van der Waals surface area contributed by atoms with Crippen molar-refractivity contribution >= 4 is 17.5 Å². The molecular weight excluding hydrogens is 302 g/mol. The number of likely N-dealkylation sites (tertiary alicyclic amines) is 1. The van der Waals surface area contributed by atoms with Crippen molar-refractivity contribution in [3.05, 3.63) is 29.8 Å². The highest BCUT2D eigenvalue weighted by Crippen LogP contribution is 2.32. The van der Waals surface area contributed by atoms with Gasteiger partial charge in [-0.3, -0.25) is 9.59 Å². The fraction of sp³-hybridized carbons (Fsp3) is 0.579. The standard InChI is InChI=1S/C19H27N3O2/c1-20-19(24)15-7-4-8-17(11-15)21-18(23)13-22-10-9-14-5-2-3-6-16(14)12-22/h4,7-8,11,14,16H,2-3,5-6,9-10,12-13H2,1H3,(H,20,24)(H,21,23)/p+1/t14-,16+/m0/s1. The van der Waals surface area contributed by atoms with Crippen LogP contribution in [0.1, 0.15) is 42.5 Å². The van der Waals surface area contributed by atoms with E-state index >= 15 is 0 Å². The first-order chi connectivity index (χ1) is 11.7. The number of fused-ring (bicyclic) bond motifs is 1. The molecular formula is C19H28N3O2+. The lowest BCUT2D eigenvalue weighted by Gasteiger charge is -2.38. The van der Waals surface area contributed by atoms with Gasteiger partial charge in [0, 0.05) is 24.2 Å². The number of hydrogen-bond donors (Lipinski definition) is 3. The molecule has 1 saturated heterocycles. The zero-order chi connectivity index (χ0) is 16.9. The number of piperidine rings is 1. The zero-order valence-corrected chi connectivity index (χ0v) is 14.4. The average molecular weight is 330 g/mol. The summed E-state index contributed by atoms with van der Waals surface area (Å²) >= 11 is 0. The van der Waals surface area contributed by atoms with Crippen molar-refractivity contribution in [2.24, 2.45) is 11.8 Å². The molecule has 2 amide bonds. The molecule has 24 heavy (non-hydrogen) atoms. The van der Waals surface area contributed by atoms with E-state index in [0.29, 0.717) is 17.8 Å². The Hall–Kier alpha value is -1.88. The number of anilines is 1. The number of quaternary nitrogens is 1. The number of nitrogens with one attached hydrogen (secondary N) is 3.